The van der Waals surface area contributed by atoms with E-state index in [9.17, 15) is 4.79 Å². The summed E-state index contributed by atoms with van der Waals surface area (Å²) in [4.78, 5) is 16.1. The number of nitrogens with zero attached hydrogens (tertiary/aromatic N) is 1. The van der Waals surface area contributed by atoms with Crippen molar-refractivity contribution in [2.45, 2.75) is 13.0 Å². The summed E-state index contributed by atoms with van der Waals surface area (Å²) in [6.45, 7) is 1.91. The van der Waals surface area contributed by atoms with Crippen LogP contribution in [0.5, 0.6) is 0 Å². The van der Waals surface area contributed by atoms with Gasteiger partial charge in [0.1, 0.15) is 0 Å². The number of carbonyl (C=O) groups excluding carboxylic acids is 1. The van der Waals surface area contributed by atoms with E-state index in [4.69, 9.17) is 0 Å². The molecule has 0 saturated carbocycles. The Bertz CT molecular complexity index is 579. The first kappa shape index (κ1) is 14.7. The minimum atomic E-state index is -0.183. The number of allylic oxidation sites excluding steroid dienone is 3. The molecule has 0 radical (unpaired) electrons. The third-order valence-electron chi connectivity index (χ3n) is 3.01. The normalized spacial score (nSPS) is 12.6. The summed E-state index contributed by atoms with van der Waals surface area (Å²) < 4.78 is 0. The minimum Gasteiger partial charge on any atom is -0.342 e. The lowest BCUT2D eigenvalue weighted by atomic mass is 9.99. The summed E-state index contributed by atoms with van der Waals surface area (Å²) in [5.41, 5.74) is 2.04. The molecule has 3 nitrogen and oxygen atoms in total. The molecule has 0 aliphatic rings. The van der Waals surface area contributed by atoms with Crippen LogP contribution < -0.4 is 5.32 Å². The fraction of sp³-hybridized carbons (Fsp3) is 0.111. The van der Waals surface area contributed by atoms with Gasteiger partial charge >= 0.3 is 0 Å². The average Bonchev–Trinajstić information content (AvgIpc) is 2.54. The molecule has 0 aliphatic heterocycles. The number of hydrogen-bond donors (Lipinski definition) is 1. The van der Waals surface area contributed by atoms with Crippen LogP contribution in [0.2, 0.25) is 0 Å². The first-order valence-electron chi connectivity index (χ1n) is 6.86. The van der Waals surface area contributed by atoms with Crippen LogP contribution in [0, 0.1) is 0 Å². The predicted molar refractivity (Wildman–Crippen MR) is 84.6 cm³/mol. The second kappa shape index (κ2) is 7.80. The highest BCUT2D eigenvalue weighted by Crippen LogP contribution is 2.21. The molecular weight excluding hydrogens is 260 g/mol. The second-order valence-corrected chi connectivity index (χ2v) is 4.52. The van der Waals surface area contributed by atoms with E-state index in [1.807, 2.05) is 61.5 Å². The van der Waals surface area contributed by atoms with Crippen molar-refractivity contribution in [2.24, 2.45) is 0 Å². The molecule has 2 rings (SSSR count). The maximum Gasteiger partial charge on any atom is 0.244 e. The molecule has 0 bridgehead atoms. The molecule has 3 heteroatoms. The van der Waals surface area contributed by atoms with E-state index in [1.54, 1.807) is 18.5 Å². The fourth-order valence-corrected chi connectivity index (χ4v) is 2.00. The summed E-state index contributed by atoms with van der Waals surface area (Å²) in [6, 6.07) is 13.5. The number of nitrogens with one attached hydrogen (secondary N) is 1. The van der Waals surface area contributed by atoms with Crippen molar-refractivity contribution in [3.63, 3.8) is 0 Å². The van der Waals surface area contributed by atoms with E-state index in [0.717, 1.165) is 11.1 Å². The SMILES string of the molecule is C/C=C/C=C/C(=O)N[C@H](c1ccccc1)c1ccncc1. The molecule has 1 aromatic carbocycles. The van der Waals surface area contributed by atoms with Crippen LogP contribution in [0.1, 0.15) is 24.1 Å². The Morgan fingerprint density at radius 1 is 1.05 bits per heavy atom. The lowest BCUT2D eigenvalue weighted by Crippen LogP contribution is -2.27. The zero-order valence-electron chi connectivity index (χ0n) is 11.9. The van der Waals surface area contributed by atoms with Crippen LogP contribution in [0.3, 0.4) is 0 Å². The third-order valence-corrected chi connectivity index (χ3v) is 3.01. The van der Waals surface area contributed by atoms with Gasteiger partial charge in [0.2, 0.25) is 5.91 Å². The monoisotopic (exact) mass is 278 g/mol. The minimum absolute atomic E-state index is 0.126. The Balaban J connectivity index is 2.23. The topological polar surface area (TPSA) is 42.0 Å². The number of aromatic nitrogens is 1. The van der Waals surface area contributed by atoms with Crippen LogP contribution in [0.25, 0.3) is 0 Å². The Morgan fingerprint density at radius 2 is 1.71 bits per heavy atom. The highest BCUT2D eigenvalue weighted by molar-refractivity contribution is 5.88. The molecule has 0 aliphatic carbocycles. The van der Waals surface area contributed by atoms with Gasteiger partial charge in [0.25, 0.3) is 0 Å². The molecule has 1 aromatic heterocycles. The van der Waals surface area contributed by atoms with Crippen LogP contribution in [0.15, 0.2) is 79.2 Å². The van der Waals surface area contributed by atoms with Crippen molar-refractivity contribution >= 4 is 5.91 Å². The number of hydrogen-bond acceptors (Lipinski definition) is 2. The van der Waals surface area contributed by atoms with E-state index in [2.05, 4.69) is 10.3 Å². The van der Waals surface area contributed by atoms with E-state index >= 15 is 0 Å². The highest BCUT2D eigenvalue weighted by atomic mass is 16.1. The molecule has 0 spiro atoms. The van der Waals surface area contributed by atoms with Gasteiger partial charge in [-0.05, 0) is 30.2 Å². The average molecular weight is 278 g/mol. The van der Waals surface area contributed by atoms with Gasteiger partial charge in [-0.25, -0.2) is 0 Å². The molecule has 0 fully saturated rings. The lowest BCUT2D eigenvalue weighted by molar-refractivity contribution is -0.117. The van der Waals surface area contributed by atoms with Gasteiger partial charge in [-0.15, -0.1) is 0 Å². The molecular formula is C18H18N2O. The van der Waals surface area contributed by atoms with Gasteiger partial charge in [-0.1, -0.05) is 48.6 Å². The van der Waals surface area contributed by atoms with E-state index in [0.29, 0.717) is 0 Å². The van der Waals surface area contributed by atoms with Crippen molar-refractivity contribution in [1.29, 1.82) is 0 Å². The maximum atomic E-state index is 12.0. The van der Waals surface area contributed by atoms with Crippen molar-refractivity contribution < 1.29 is 4.79 Å². The standard InChI is InChI=1S/C18H18N2O/c1-2-3-5-10-17(21)20-18(15-8-6-4-7-9-15)16-11-13-19-14-12-16/h2-14,18H,1H3,(H,20,21)/b3-2+,10-5+/t18-/m1/s1. The number of pyridine rings is 1. The van der Waals surface area contributed by atoms with Crippen LogP contribution in [0.4, 0.5) is 0 Å². The van der Waals surface area contributed by atoms with Crippen LogP contribution >= 0.6 is 0 Å². The van der Waals surface area contributed by atoms with Crippen molar-refractivity contribution in [1.82, 2.24) is 10.3 Å². The summed E-state index contributed by atoms with van der Waals surface area (Å²) in [5, 5.41) is 3.02. The predicted octanol–water partition coefficient (Wildman–Crippen LogP) is 3.42. The molecule has 0 unspecified atom stereocenters. The Hall–Kier alpha value is -2.68. The summed E-state index contributed by atoms with van der Waals surface area (Å²) >= 11 is 0. The molecule has 1 amide bonds. The van der Waals surface area contributed by atoms with Crippen LogP contribution in [-0.4, -0.2) is 10.9 Å². The van der Waals surface area contributed by atoms with Gasteiger partial charge in [0.15, 0.2) is 0 Å². The molecule has 1 N–H and O–H groups in total. The van der Waals surface area contributed by atoms with E-state index < -0.39 is 0 Å². The zero-order chi connectivity index (χ0) is 14.9. The first-order chi connectivity index (χ1) is 10.3. The Labute approximate surface area is 125 Å². The summed E-state index contributed by atoms with van der Waals surface area (Å²) in [6.07, 6.45) is 10.4. The van der Waals surface area contributed by atoms with Crippen molar-refractivity contribution in [3.8, 4) is 0 Å². The number of rotatable bonds is 5. The van der Waals surface area contributed by atoms with E-state index in [-0.39, 0.29) is 11.9 Å². The van der Waals surface area contributed by atoms with Gasteiger partial charge in [-0.3, -0.25) is 9.78 Å². The molecule has 1 heterocycles. The Morgan fingerprint density at radius 3 is 2.38 bits per heavy atom. The maximum absolute atomic E-state index is 12.0. The number of carbonyl (C=O) groups is 1. The molecule has 0 saturated heterocycles. The number of benzene rings is 1. The van der Waals surface area contributed by atoms with Gasteiger partial charge in [-0.2, -0.15) is 0 Å². The smallest absolute Gasteiger partial charge is 0.244 e. The van der Waals surface area contributed by atoms with Gasteiger partial charge in [0.05, 0.1) is 6.04 Å². The van der Waals surface area contributed by atoms with Crippen molar-refractivity contribution in [3.05, 3.63) is 90.3 Å². The van der Waals surface area contributed by atoms with Crippen LogP contribution in [-0.2, 0) is 4.79 Å². The zero-order valence-corrected chi connectivity index (χ0v) is 11.9. The highest BCUT2D eigenvalue weighted by Gasteiger charge is 2.15. The molecule has 21 heavy (non-hydrogen) atoms. The first-order valence-corrected chi connectivity index (χ1v) is 6.86. The molecule has 106 valence electrons. The summed E-state index contributed by atoms with van der Waals surface area (Å²) in [7, 11) is 0. The lowest BCUT2D eigenvalue weighted by Gasteiger charge is -2.18. The Kier molecular flexibility index (Phi) is 5.47. The largest absolute Gasteiger partial charge is 0.342 e. The number of amides is 1. The summed E-state index contributed by atoms with van der Waals surface area (Å²) in [5.74, 6) is -0.126. The second-order valence-electron chi connectivity index (χ2n) is 4.52. The van der Waals surface area contributed by atoms with Crippen molar-refractivity contribution in [2.75, 3.05) is 0 Å². The molecule has 2 aromatic rings. The van der Waals surface area contributed by atoms with E-state index in [1.165, 1.54) is 6.08 Å². The molecule has 1 atom stereocenters. The van der Waals surface area contributed by atoms with Gasteiger partial charge in [0, 0.05) is 18.5 Å². The fourth-order valence-electron chi connectivity index (χ4n) is 2.00. The third kappa shape index (κ3) is 4.42. The quantitative estimate of drug-likeness (QED) is 0.672. The van der Waals surface area contributed by atoms with Gasteiger partial charge < -0.3 is 5.32 Å².